The van der Waals surface area contributed by atoms with Gasteiger partial charge in [-0.05, 0) is 6.07 Å². The molecule has 2 N–H and O–H groups in total. The predicted octanol–water partition coefficient (Wildman–Crippen LogP) is 1.42. The lowest BCUT2D eigenvalue weighted by Crippen LogP contribution is -2.32. The van der Waals surface area contributed by atoms with Crippen molar-refractivity contribution in [3.05, 3.63) is 17.3 Å². The van der Waals surface area contributed by atoms with Gasteiger partial charge in [0.25, 0.3) is 0 Å². The molecule has 0 aliphatic heterocycles. The Balaban J connectivity index is 2.79. The zero-order chi connectivity index (χ0) is 12.7. The van der Waals surface area contributed by atoms with Gasteiger partial charge in [0.15, 0.2) is 5.82 Å². The van der Waals surface area contributed by atoms with Crippen LogP contribution in [0.15, 0.2) is 12.3 Å². The van der Waals surface area contributed by atoms with Crippen molar-refractivity contribution in [1.29, 1.82) is 0 Å². The van der Waals surface area contributed by atoms with Crippen molar-refractivity contribution >= 4 is 23.1 Å². The second-order valence-corrected chi connectivity index (χ2v) is 3.98. The molecule has 0 saturated heterocycles. The van der Waals surface area contributed by atoms with E-state index < -0.39 is 0 Å². The van der Waals surface area contributed by atoms with Crippen LogP contribution in [0.1, 0.15) is 0 Å². The number of halogens is 1. The molecule has 0 bridgehead atoms. The highest BCUT2D eigenvalue weighted by Crippen LogP contribution is 2.23. The highest BCUT2D eigenvalue weighted by Gasteiger charge is 2.11. The fourth-order valence-electron chi connectivity index (χ4n) is 1.44. The molecule has 0 unspecified atom stereocenters. The van der Waals surface area contributed by atoms with E-state index in [0.717, 1.165) is 0 Å². The van der Waals surface area contributed by atoms with Gasteiger partial charge in [0.2, 0.25) is 0 Å². The van der Waals surface area contributed by atoms with E-state index in [9.17, 15) is 0 Å². The minimum Gasteiger partial charge on any atom is -0.396 e. The van der Waals surface area contributed by atoms with Crippen molar-refractivity contribution in [1.82, 2.24) is 4.98 Å². The van der Waals surface area contributed by atoms with Gasteiger partial charge in [0.05, 0.1) is 23.9 Å². The lowest BCUT2D eigenvalue weighted by Gasteiger charge is -2.24. The van der Waals surface area contributed by atoms with Crippen molar-refractivity contribution < 1.29 is 9.47 Å². The molecule has 1 rings (SSSR count). The number of hydrogen-bond acceptors (Lipinski definition) is 5. The Bertz CT molecular complexity index is 341. The van der Waals surface area contributed by atoms with Gasteiger partial charge in [0, 0.05) is 33.5 Å². The number of hydrogen-bond donors (Lipinski definition) is 1. The highest BCUT2D eigenvalue weighted by atomic mass is 35.5. The Morgan fingerprint density at radius 2 is 1.88 bits per heavy atom. The van der Waals surface area contributed by atoms with Gasteiger partial charge in [-0.2, -0.15) is 0 Å². The molecule has 0 atom stereocenters. The van der Waals surface area contributed by atoms with Crippen molar-refractivity contribution in [2.45, 2.75) is 0 Å². The Labute approximate surface area is 106 Å². The number of methoxy groups -OCH3 is 2. The first-order chi connectivity index (χ1) is 8.19. The maximum atomic E-state index is 5.90. The van der Waals surface area contributed by atoms with E-state index in [0.29, 0.717) is 42.8 Å². The van der Waals surface area contributed by atoms with Crippen LogP contribution in [0.25, 0.3) is 0 Å². The molecule has 0 amide bonds. The van der Waals surface area contributed by atoms with E-state index in [4.69, 9.17) is 26.8 Å². The van der Waals surface area contributed by atoms with Crippen molar-refractivity contribution in [2.75, 3.05) is 51.2 Å². The van der Waals surface area contributed by atoms with Crippen LogP contribution in [0.2, 0.25) is 5.02 Å². The molecule has 0 radical (unpaired) electrons. The zero-order valence-electron chi connectivity index (χ0n) is 10.1. The average Bonchev–Trinajstić information content (AvgIpc) is 2.30. The normalized spacial score (nSPS) is 10.5. The molecule has 0 spiro atoms. The molecule has 0 aromatic carbocycles. The summed E-state index contributed by atoms with van der Waals surface area (Å²) in [7, 11) is 3.32. The van der Waals surface area contributed by atoms with Crippen LogP contribution in [0.5, 0.6) is 0 Å². The molecule has 0 aliphatic carbocycles. The van der Waals surface area contributed by atoms with Crippen LogP contribution in [0, 0.1) is 0 Å². The third-order valence-corrected chi connectivity index (χ3v) is 2.50. The number of nitrogens with two attached hydrogens (primary N) is 1. The smallest absolute Gasteiger partial charge is 0.152 e. The van der Waals surface area contributed by atoms with Crippen molar-refractivity contribution in [3.63, 3.8) is 0 Å². The second kappa shape index (κ2) is 7.32. The summed E-state index contributed by atoms with van der Waals surface area (Å²) in [5.41, 5.74) is 6.46. The monoisotopic (exact) mass is 259 g/mol. The van der Waals surface area contributed by atoms with E-state index in [1.54, 1.807) is 26.5 Å². The molecular weight excluding hydrogens is 242 g/mol. The first kappa shape index (κ1) is 14.0. The Kier molecular flexibility index (Phi) is 6.04. The van der Waals surface area contributed by atoms with Crippen LogP contribution < -0.4 is 10.6 Å². The number of rotatable bonds is 7. The molecule has 1 aromatic heterocycles. The number of anilines is 2. The molecule has 96 valence electrons. The van der Waals surface area contributed by atoms with Gasteiger partial charge < -0.3 is 20.1 Å². The fraction of sp³-hybridized carbons (Fsp3) is 0.545. The Hall–Kier alpha value is -1.04. The zero-order valence-corrected chi connectivity index (χ0v) is 10.9. The molecule has 1 heterocycles. The molecule has 0 fully saturated rings. The quantitative estimate of drug-likeness (QED) is 0.802. The van der Waals surface area contributed by atoms with Crippen LogP contribution in [-0.2, 0) is 9.47 Å². The number of ether oxygens (including phenoxy) is 2. The topological polar surface area (TPSA) is 60.6 Å². The van der Waals surface area contributed by atoms with Crippen LogP contribution in [0.4, 0.5) is 11.5 Å². The molecule has 17 heavy (non-hydrogen) atoms. The van der Waals surface area contributed by atoms with Gasteiger partial charge in [0.1, 0.15) is 0 Å². The third kappa shape index (κ3) is 4.38. The summed E-state index contributed by atoms with van der Waals surface area (Å²) in [6, 6.07) is 1.69. The maximum absolute atomic E-state index is 5.90. The van der Waals surface area contributed by atoms with Crippen LogP contribution in [-0.4, -0.2) is 45.5 Å². The lowest BCUT2D eigenvalue weighted by molar-refractivity contribution is 0.190. The summed E-state index contributed by atoms with van der Waals surface area (Å²) in [5.74, 6) is 0.712. The van der Waals surface area contributed by atoms with Gasteiger partial charge in [-0.15, -0.1) is 0 Å². The summed E-state index contributed by atoms with van der Waals surface area (Å²) < 4.78 is 10.1. The molecule has 6 heteroatoms. The summed E-state index contributed by atoms with van der Waals surface area (Å²) in [5, 5.41) is 0.532. The van der Waals surface area contributed by atoms with E-state index in [-0.39, 0.29) is 0 Å². The minimum absolute atomic E-state index is 0.532. The average molecular weight is 260 g/mol. The molecule has 1 aromatic rings. The van der Waals surface area contributed by atoms with Crippen molar-refractivity contribution in [3.8, 4) is 0 Å². The van der Waals surface area contributed by atoms with Crippen LogP contribution >= 0.6 is 11.6 Å². The highest BCUT2D eigenvalue weighted by molar-refractivity contribution is 6.30. The summed E-state index contributed by atoms with van der Waals surface area (Å²) in [4.78, 5) is 6.25. The first-order valence-corrected chi connectivity index (χ1v) is 5.70. The molecule has 0 saturated carbocycles. The van der Waals surface area contributed by atoms with Gasteiger partial charge in [-0.1, -0.05) is 11.6 Å². The minimum atomic E-state index is 0.532. The predicted molar refractivity (Wildman–Crippen MR) is 69.6 cm³/mol. The number of pyridine rings is 1. The fourth-order valence-corrected chi connectivity index (χ4v) is 1.60. The summed E-state index contributed by atoms with van der Waals surface area (Å²) in [6.45, 7) is 2.62. The third-order valence-electron chi connectivity index (χ3n) is 2.29. The maximum Gasteiger partial charge on any atom is 0.152 e. The Morgan fingerprint density at radius 1 is 1.29 bits per heavy atom. The van der Waals surface area contributed by atoms with Gasteiger partial charge >= 0.3 is 0 Å². The summed E-state index contributed by atoms with van der Waals surface area (Å²) >= 11 is 5.82. The molecule has 5 nitrogen and oxygen atoms in total. The van der Waals surface area contributed by atoms with Crippen LogP contribution in [0.3, 0.4) is 0 Å². The van der Waals surface area contributed by atoms with E-state index in [2.05, 4.69) is 4.98 Å². The lowest BCUT2D eigenvalue weighted by atomic mass is 10.3. The van der Waals surface area contributed by atoms with E-state index in [1.807, 2.05) is 4.90 Å². The summed E-state index contributed by atoms with van der Waals surface area (Å²) in [6.07, 6.45) is 1.58. The second-order valence-electron chi connectivity index (χ2n) is 3.54. The largest absolute Gasteiger partial charge is 0.396 e. The molecule has 0 aliphatic rings. The standard InChI is InChI=1S/C11H18ClN3O2/c1-16-5-3-15(4-6-17-2)11-10(13)7-9(12)8-14-11/h7-8H,3-6,13H2,1-2H3. The first-order valence-electron chi connectivity index (χ1n) is 5.33. The van der Waals surface area contributed by atoms with E-state index in [1.165, 1.54) is 0 Å². The van der Waals surface area contributed by atoms with Crippen molar-refractivity contribution in [2.24, 2.45) is 0 Å². The van der Waals surface area contributed by atoms with Gasteiger partial charge in [-0.25, -0.2) is 4.98 Å². The van der Waals surface area contributed by atoms with Gasteiger partial charge in [-0.3, -0.25) is 0 Å². The number of aromatic nitrogens is 1. The van der Waals surface area contributed by atoms with E-state index >= 15 is 0 Å². The molecular formula is C11H18ClN3O2. The number of nitrogen functional groups attached to an aromatic ring is 1. The SMILES string of the molecule is COCCN(CCOC)c1ncc(Cl)cc1N. The number of nitrogens with zero attached hydrogens (tertiary/aromatic N) is 2. The Morgan fingerprint density at radius 3 is 2.35 bits per heavy atom.